The smallest absolute Gasteiger partial charge is 0.273 e. The SMILES string of the molecule is CC1Cn2c(C(=O)Nc3cc(Cl)ccc3Cl)cnc2CN1. The summed E-state index contributed by atoms with van der Waals surface area (Å²) in [7, 11) is 0. The van der Waals surface area contributed by atoms with Crippen molar-refractivity contribution in [3.8, 4) is 0 Å². The number of aromatic nitrogens is 2. The highest BCUT2D eigenvalue weighted by Gasteiger charge is 2.22. The highest BCUT2D eigenvalue weighted by Crippen LogP contribution is 2.26. The second kappa shape index (κ2) is 5.67. The number of amides is 1. The minimum atomic E-state index is -0.244. The van der Waals surface area contributed by atoms with E-state index in [2.05, 4.69) is 22.5 Å². The lowest BCUT2D eigenvalue weighted by Crippen LogP contribution is -2.38. The van der Waals surface area contributed by atoms with Crippen LogP contribution in [0.4, 0.5) is 5.69 Å². The maximum Gasteiger partial charge on any atom is 0.273 e. The van der Waals surface area contributed by atoms with Gasteiger partial charge >= 0.3 is 0 Å². The van der Waals surface area contributed by atoms with E-state index in [1.54, 1.807) is 24.4 Å². The van der Waals surface area contributed by atoms with E-state index in [9.17, 15) is 4.79 Å². The predicted molar refractivity (Wildman–Crippen MR) is 82.9 cm³/mol. The molecule has 0 aliphatic carbocycles. The summed E-state index contributed by atoms with van der Waals surface area (Å²) >= 11 is 12.0. The summed E-state index contributed by atoms with van der Waals surface area (Å²) in [4.78, 5) is 16.7. The monoisotopic (exact) mass is 324 g/mol. The molecule has 1 aliphatic heterocycles. The Balaban J connectivity index is 1.86. The molecule has 1 aromatic carbocycles. The van der Waals surface area contributed by atoms with Crippen LogP contribution in [0.5, 0.6) is 0 Å². The maximum absolute atomic E-state index is 12.4. The molecule has 5 nitrogen and oxygen atoms in total. The first-order chi connectivity index (χ1) is 10.0. The number of hydrogen-bond acceptors (Lipinski definition) is 3. The highest BCUT2D eigenvalue weighted by molar-refractivity contribution is 6.35. The van der Waals surface area contributed by atoms with Crippen LogP contribution in [-0.4, -0.2) is 21.5 Å². The van der Waals surface area contributed by atoms with Crippen LogP contribution in [0.1, 0.15) is 23.2 Å². The van der Waals surface area contributed by atoms with Gasteiger partial charge in [0.05, 0.1) is 23.5 Å². The first-order valence-corrected chi connectivity index (χ1v) is 7.34. The normalized spacial score (nSPS) is 17.4. The van der Waals surface area contributed by atoms with Crippen molar-refractivity contribution in [2.45, 2.75) is 26.1 Å². The summed E-state index contributed by atoms with van der Waals surface area (Å²) in [6.07, 6.45) is 1.59. The van der Waals surface area contributed by atoms with Crippen molar-refractivity contribution in [2.75, 3.05) is 5.32 Å². The van der Waals surface area contributed by atoms with Gasteiger partial charge in [0.2, 0.25) is 0 Å². The van der Waals surface area contributed by atoms with Crippen molar-refractivity contribution in [3.05, 3.63) is 46.0 Å². The van der Waals surface area contributed by atoms with Crippen LogP contribution in [0.3, 0.4) is 0 Å². The molecule has 3 rings (SSSR count). The third-order valence-electron chi connectivity index (χ3n) is 3.41. The Labute approximate surface area is 132 Å². The third-order valence-corrected chi connectivity index (χ3v) is 3.98. The molecule has 0 bridgehead atoms. The molecule has 0 radical (unpaired) electrons. The van der Waals surface area contributed by atoms with Crippen LogP contribution in [-0.2, 0) is 13.1 Å². The average Bonchev–Trinajstić information content (AvgIpc) is 2.85. The van der Waals surface area contributed by atoms with Gasteiger partial charge in [0.15, 0.2) is 0 Å². The highest BCUT2D eigenvalue weighted by atomic mass is 35.5. The van der Waals surface area contributed by atoms with E-state index in [-0.39, 0.29) is 5.91 Å². The number of rotatable bonds is 2. The first-order valence-electron chi connectivity index (χ1n) is 6.59. The van der Waals surface area contributed by atoms with Gasteiger partial charge in [0, 0.05) is 17.6 Å². The van der Waals surface area contributed by atoms with E-state index >= 15 is 0 Å². The van der Waals surface area contributed by atoms with Crippen molar-refractivity contribution < 1.29 is 4.79 Å². The molecule has 1 unspecified atom stereocenters. The summed E-state index contributed by atoms with van der Waals surface area (Å²) in [6, 6.07) is 5.25. The Hall–Kier alpha value is -1.56. The van der Waals surface area contributed by atoms with Gasteiger partial charge in [-0.2, -0.15) is 0 Å². The molecule has 1 amide bonds. The molecule has 2 aromatic rings. The number of anilines is 1. The lowest BCUT2D eigenvalue weighted by Gasteiger charge is -2.23. The summed E-state index contributed by atoms with van der Waals surface area (Å²) in [5.74, 6) is 0.613. The van der Waals surface area contributed by atoms with Crippen LogP contribution in [0.15, 0.2) is 24.4 Å². The number of nitrogens with one attached hydrogen (secondary N) is 2. The number of hydrogen-bond donors (Lipinski definition) is 2. The fourth-order valence-electron chi connectivity index (χ4n) is 2.32. The van der Waals surface area contributed by atoms with Gasteiger partial charge in [-0.3, -0.25) is 4.79 Å². The molecule has 0 fully saturated rings. The number of nitrogens with zero attached hydrogens (tertiary/aromatic N) is 2. The fourth-order valence-corrected chi connectivity index (χ4v) is 2.66. The van der Waals surface area contributed by atoms with Gasteiger partial charge in [-0.1, -0.05) is 23.2 Å². The van der Waals surface area contributed by atoms with Crippen LogP contribution in [0.2, 0.25) is 10.0 Å². The molecule has 21 heavy (non-hydrogen) atoms. The molecule has 1 aromatic heterocycles. The Morgan fingerprint density at radius 2 is 2.29 bits per heavy atom. The van der Waals surface area contributed by atoms with Crippen LogP contribution in [0.25, 0.3) is 0 Å². The first kappa shape index (κ1) is 14.4. The zero-order valence-electron chi connectivity index (χ0n) is 11.4. The van der Waals surface area contributed by atoms with E-state index in [0.717, 1.165) is 5.82 Å². The molecule has 0 saturated heterocycles. The molecule has 110 valence electrons. The summed E-state index contributed by atoms with van der Waals surface area (Å²) in [5, 5.41) is 7.05. The topological polar surface area (TPSA) is 59.0 Å². The van der Waals surface area contributed by atoms with Crippen LogP contribution < -0.4 is 10.6 Å². The van der Waals surface area contributed by atoms with E-state index in [1.165, 1.54) is 0 Å². The number of imidazole rings is 1. The van der Waals surface area contributed by atoms with Crippen molar-refractivity contribution in [1.29, 1.82) is 0 Å². The van der Waals surface area contributed by atoms with E-state index in [4.69, 9.17) is 23.2 Å². The molecular weight excluding hydrogens is 311 g/mol. The second-order valence-electron chi connectivity index (χ2n) is 5.03. The zero-order valence-corrected chi connectivity index (χ0v) is 12.9. The quantitative estimate of drug-likeness (QED) is 0.892. The number of fused-ring (bicyclic) bond motifs is 1. The van der Waals surface area contributed by atoms with E-state index in [0.29, 0.717) is 40.6 Å². The Bertz CT molecular complexity index is 698. The van der Waals surface area contributed by atoms with Gasteiger partial charge in [-0.15, -0.1) is 0 Å². The largest absolute Gasteiger partial charge is 0.321 e. The van der Waals surface area contributed by atoms with Crippen LogP contribution in [0, 0.1) is 0 Å². The summed E-state index contributed by atoms with van der Waals surface area (Å²) in [6.45, 7) is 3.44. The van der Waals surface area contributed by atoms with Crippen molar-refractivity contribution in [1.82, 2.24) is 14.9 Å². The van der Waals surface area contributed by atoms with Gasteiger partial charge in [0.25, 0.3) is 5.91 Å². The maximum atomic E-state index is 12.4. The molecule has 7 heteroatoms. The Morgan fingerprint density at radius 1 is 1.48 bits per heavy atom. The average molecular weight is 325 g/mol. The number of benzene rings is 1. The van der Waals surface area contributed by atoms with Gasteiger partial charge in [-0.05, 0) is 25.1 Å². The predicted octanol–water partition coefficient (Wildman–Crippen LogP) is 2.93. The van der Waals surface area contributed by atoms with Crippen molar-refractivity contribution in [3.63, 3.8) is 0 Å². The van der Waals surface area contributed by atoms with Crippen molar-refractivity contribution in [2.24, 2.45) is 0 Å². The molecule has 0 saturated carbocycles. The third kappa shape index (κ3) is 2.90. The van der Waals surface area contributed by atoms with Crippen LogP contribution >= 0.6 is 23.2 Å². The lowest BCUT2D eigenvalue weighted by atomic mass is 10.2. The van der Waals surface area contributed by atoms with Gasteiger partial charge in [-0.25, -0.2) is 4.98 Å². The number of halogens is 2. The lowest BCUT2D eigenvalue weighted by molar-refractivity contribution is 0.101. The molecule has 1 aliphatic rings. The molecule has 2 heterocycles. The second-order valence-corrected chi connectivity index (χ2v) is 5.87. The minimum Gasteiger partial charge on any atom is -0.321 e. The zero-order chi connectivity index (χ0) is 15.0. The number of carbonyl (C=O) groups excluding carboxylic acids is 1. The molecule has 2 N–H and O–H groups in total. The summed E-state index contributed by atoms with van der Waals surface area (Å²) in [5.41, 5.74) is 1.01. The van der Waals surface area contributed by atoms with Gasteiger partial charge in [0.1, 0.15) is 11.5 Å². The molecule has 0 spiro atoms. The van der Waals surface area contributed by atoms with E-state index in [1.807, 2.05) is 4.57 Å². The summed E-state index contributed by atoms with van der Waals surface area (Å²) < 4.78 is 1.93. The van der Waals surface area contributed by atoms with Crippen molar-refractivity contribution >= 4 is 34.8 Å². The standard InChI is InChI=1S/C14H14Cl2N4O/c1-8-7-20-12(5-18-13(20)6-17-8)14(21)19-11-4-9(15)2-3-10(11)16/h2-5,8,17H,6-7H2,1H3,(H,19,21). The molecular formula is C14H14Cl2N4O. The Morgan fingerprint density at radius 3 is 3.10 bits per heavy atom. The Kier molecular flexibility index (Phi) is 3.89. The fraction of sp³-hybridized carbons (Fsp3) is 0.286. The van der Waals surface area contributed by atoms with E-state index < -0.39 is 0 Å². The number of carbonyl (C=O) groups is 1. The molecule has 1 atom stereocenters. The minimum absolute atomic E-state index is 0.244. The van der Waals surface area contributed by atoms with Gasteiger partial charge < -0.3 is 15.2 Å².